The summed E-state index contributed by atoms with van der Waals surface area (Å²) in [7, 11) is -3.57. The molecule has 2 aromatic carbocycles. The van der Waals surface area contributed by atoms with E-state index in [9.17, 15) is 13.2 Å². The number of benzene rings is 2. The lowest BCUT2D eigenvalue weighted by Crippen LogP contribution is -2.45. The van der Waals surface area contributed by atoms with Gasteiger partial charge in [0.05, 0.1) is 21.7 Å². The minimum atomic E-state index is -3.57. The van der Waals surface area contributed by atoms with Crippen LogP contribution in [-0.4, -0.2) is 49.7 Å². The Balaban J connectivity index is 1.28. The van der Waals surface area contributed by atoms with E-state index in [0.29, 0.717) is 41.5 Å². The van der Waals surface area contributed by atoms with Crippen LogP contribution in [0.5, 0.6) is 0 Å². The van der Waals surface area contributed by atoms with Gasteiger partial charge >= 0.3 is 0 Å². The van der Waals surface area contributed by atoms with Crippen LogP contribution in [0.2, 0.25) is 10.0 Å². The molecule has 2 fully saturated rings. The molecule has 1 N–H and O–H groups in total. The molecule has 0 aliphatic carbocycles. The number of hydrogen-bond acceptors (Lipinski definition) is 4. The number of carbonyl (C=O) groups is 1. The largest absolute Gasteiger partial charge is 0.352 e. The van der Waals surface area contributed by atoms with Crippen LogP contribution >= 0.6 is 23.2 Å². The van der Waals surface area contributed by atoms with Gasteiger partial charge in [0.1, 0.15) is 0 Å². The van der Waals surface area contributed by atoms with Crippen LogP contribution in [0.4, 0.5) is 0 Å². The SMILES string of the molecule is O=C(NCc1ccc(CN2CCCCC2)cc1)[C@H]1CCCN(S(=O)(=O)Cc2ccc(Cl)c(Cl)c2)C1. The highest BCUT2D eigenvalue weighted by Crippen LogP contribution is 2.26. The number of likely N-dealkylation sites (tertiary alicyclic amines) is 1. The predicted molar refractivity (Wildman–Crippen MR) is 141 cm³/mol. The molecule has 0 bridgehead atoms. The molecule has 0 saturated carbocycles. The molecule has 9 heteroatoms. The van der Waals surface area contributed by atoms with Crippen LogP contribution in [-0.2, 0) is 33.7 Å². The van der Waals surface area contributed by atoms with Crippen LogP contribution in [0.25, 0.3) is 0 Å². The number of sulfonamides is 1. The topological polar surface area (TPSA) is 69.7 Å². The molecule has 190 valence electrons. The summed E-state index contributed by atoms with van der Waals surface area (Å²) in [5, 5.41) is 3.72. The van der Waals surface area contributed by atoms with Crippen LogP contribution < -0.4 is 5.32 Å². The highest BCUT2D eigenvalue weighted by Gasteiger charge is 2.32. The van der Waals surface area contributed by atoms with Crippen LogP contribution in [0.15, 0.2) is 42.5 Å². The lowest BCUT2D eigenvalue weighted by atomic mass is 9.98. The van der Waals surface area contributed by atoms with Crippen molar-refractivity contribution < 1.29 is 13.2 Å². The smallest absolute Gasteiger partial charge is 0.224 e. The summed E-state index contributed by atoms with van der Waals surface area (Å²) in [5.41, 5.74) is 2.91. The standard InChI is InChI=1S/C26H33Cl2N3O3S/c27-24-11-10-22(15-25(24)28)19-35(33,34)31-14-4-5-23(18-31)26(32)29-16-20-6-8-21(9-7-20)17-30-12-2-1-3-13-30/h6-11,15,23H,1-5,12-14,16-19H2,(H,29,32)/t23-/m0/s1. The zero-order valence-electron chi connectivity index (χ0n) is 19.9. The average Bonchev–Trinajstić information content (AvgIpc) is 2.86. The van der Waals surface area contributed by atoms with Gasteiger partial charge in [-0.15, -0.1) is 0 Å². The molecule has 1 amide bonds. The van der Waals surface area contributed by atoms with Crippen molar-refractivity contribution in [3.63, 3.8) is 0 Å². The first kappa shape index (κ1) is 26.4. The van der Waals surface area contributed by atoms with Gasteiger partial charge in [0.2, 0.25) is 15.9 Å². The van der Waals surface area contributed by atoms with Gasteiger partial charge in [0.15, 0.2) is 0 Å². The number of nitrogens with one attached hydrogen (secondary N) is 1. The van der Waals surface area contributed by atoms with E-state index in [4.69, 9.17) is 23.2 Å². The molecule has 2 aliphatic heterocycles. The van der Waals surface area contributed by atoms with Crippen molar-refractivity contribution in [1.82, 2.24) is 14.5 Å². The molecule has 0 unspecified atom stereocenters. The van der Waals surface area contributed by atoms with Gasteiger partial charge < -0.3 is 5.32 Å². The molecule has 0 radical (unpaired) electrons. The maximum Gasteiger partial charge on any atom is 0.224 e. The fraction of sp³-hybridized carbons (Fsp3) is 0.500. The quantitative estimate of drug-likeness (QED) is 0.523. The number of piperidine rings is 2. The van der Waals surface area contributed by atoms with Crippen molar-refractivity contribution in [3.8, 4) is 0 Å². The molecular formula is C26H33Cl2N3O3S. The third kappa shape index (κ3) is 7.43. The molecule has 0 aromatic heterocycles. The minimum absolute atomic E-state index is 0.100. The number of carbonyl (C=O) groups excluding carboxylic acids is 1. The van der Waals surface area contributed by atoms with Gasteiger partial charge in [-0.3, -0.25) is 9.69 Å². The monoisotopic (exact) mass is 537 g/mol. The van der Waals surface area contributed by atoms with E-state index in [-0.39, 0.29) is 24.1 Å². The van der Waals surface area contributed by atoms with Gasteiger partial charge in [-0.25, -0.2) is 12.7 Å². The van der Waals surface area contributed by atoms with E-state index in [2.05, 4.69) is 34.5 Å². The highest BCUT2D eigenvalue weighted by molar-refractivity contribution is 7.88. The molecule has 6 nitrogen and oxygen atoms in total. The van der Waals surface area contributed by atoms with Crippen molar-refractivity contribution in [1.29, 1.82) is 0 Å². The van der Waals surface area contributed by atoms with E-state index in [1.54, 1.807) is 18.2 Å². The zero-order valence-corrected chi connectivity index (χ0v) is 22.2. The summed E-state index contributed by atoms with van der Waals surface area (Å²) >= 11 is 12.0. The summed E-state index contributed by atoms with van der Waals surface area (Å²) in [6, 6.07) is 13.2. The Morgan fingerprint density at radius 1 is 0.886 bits per heavy atom. The Hall–Kier alpha value is -1.64. The lowest BCUT2D eigenvalue weighted by molar-refractivity contribution is -0.126. The number of hydrogen-bond donors (Lipinski definition) is 1. The number of amides is 1. The van der Waals surface area contributed by atoms with Crippen molar-refractivity contribution in [2.24, 2.45) is 5.92 Å². The fourth-order valence-corrected chi connectivity index (χ4v) is 6.73. The normalized spacial score (nSPS) is 20.0. The van der Waals surface area contributed by atoms with E-state index in [1.807, 2.05) is 0 Å². The van der Waals surface area contributed by atoms with Crippen molar-refractivity contribution in [2.45, 2.75) is 50.9 Å². The Bertz CT molecular complexity index is 1120. The third-order valence-corrected chi connectivity index (χ3v) is 9.38. The Morgan fingerprint density at radius 2 is 1.57 bits per heavy atom. The Kier molecular flexibility index (Phi) is 9.11. The second kappa shape index (κ2) is 12.1. The van der Waals surface area contributed by atoms with Crippen LogP contribution in [0.1, 0.15) is 48.8 Å². The maximum atomic E-state index is 13.0. The van der Waals surface area contributed by atoms with Crippen LogP contribution in [0.3, 0.4) is 0 Å². The molecule has 0 spiro atoms. The molecule has 1 atom stereocenters. The number of nitrogens with zero attached hydrogens (tertiary/aromatic N) is 2. The van der Waals surface area contributed by atoms with Gasteiger partial charge in [-0.05, 0) is 67.6 Å². The molecule has 35 heavy (non-hydrogen) atoms. The van der Waals surface area contributed by atoms with Gasteiger partial charge in [-0.2, -0.15) is 0 Å². The second-order valence-electron chi connectivity index (χ2n) is 9.57. The first-order valence-electron chi connectivity index (χ1n) is 12.3. The lowest BCUT2D eigenvalue weighted by Gasteiger charge is -2.31. The first-order chi connectivity index (χ1) is 16.8. The van der Waals surface area contributed by atoms with Crippen molar-refractivity contribution in [2.75, 3.05) is 26.2 Å². The summed E-state index contributed by atoms with van der Waals surface area (Å²) in [6.07, 6.45) is 5.22. The summed E-state index contributed by atoms with van der Waals surface area (Å²) in [6.45, 7) is 4.37. The Labute approximate surface area is 218 Å². The van der Waals surface area contributed by atoms with E-state index in [0.717, 1.165) is 12.1 Å². The fourth-order valence-electron chi connectivity index (χ4n) is 4.81. The van der Waals surface area contributed by atoms with E-state index in [1.165, 1.54) is 42.2 Å². The molecule has 4 rings (SSSR count). The van der Waals surface area contributed by atoms with Gasteiger partial charge in [0.25, 0.3) is 0 Å². The second-order valence-corrected chi connectivity index (χ2v) is 12.4. The Morgan fingerprint density at radius 3 is 2.29 bits per heavy atom. The highest BCUT2D eigenvalue weighted by atomic mass is 35.5. The summed E-state index contributed by atoms with van der Waals surface area (Å²) in [4.78, 5) is 15.3. The third-order valence-electron chi connectivity index (χ3n) is 6.83. The van der Waals surface area contributed by atoms with Gasteiger partial charge in [0, 0.05) is 26.2 Å². The summed E-state index contributed by atoms with van der Waals surface area (Å²) in [5.74, 6) is -0.621. The van der Waals surface area contributed by atoms with Crippen molar-refractivity contribution in [3.05, 3.63) is 69.2 Å². The average molecular weight is 539 g/mol. The van der Waals surface area contributed by atoms with Crippen molar-refractivity contribution >= 4 is 39.1 Å². The maximum absolute atomic E-state index is 13.0. The minimum Gasteiger partial charge on any atom is -0.352 e. The van der Waals surface area contributed by atoms with E-state index >= 15 is 0 Å². The summed E-state index contributed by atoms with van der Waals surface area (Å²) < 4.78 is 27.4. The zero-order chi connectivity index (χ0) is 24.8. The first-order valence-corrected chi connectivity index (χ1v) is 14.7. The molecular weight excluding hydrogens is 505 g/mol. The van der Waals surface area contributed by atoms with E-state index < -0.39 is 10.0 Å². The van der Waals surface area contributed by atoms with Gasteiger partial charge in [-0.1, -0.05) is 60.0 Å². The number of halogens is 2. The molecule has 2 aromatic rings. The molecule has 2 heterocycles. The predicted octanol–water partition coefficient (Wildman–Crippen LogP) is 4.84. The molecule has 2 aliphatic rings. The number of rotatable bonds is 8. The molecule has 2 saturated heterocycles. The van der Waals surface area contributed by atoms with Crippen LogP contribution in [0, 0.1) is 5.92 Å².